The van der Waals surface area contributed by atoms with Crippen LogP contribution in [0.15, 0.2) is 27.4 Å². The maximum absolute atomic E-state index is 12.9. The number of nitrogens with one attached hydrogen (secondary N) is 2. The summed E-state index contributed by atoms with van der Waals surface area (Å²) in [6.45, 7) is 6.45. The van der Waals surface area contributed by atoms with Crippen molar-refractivity contribution in [1.82, 2.24) is 10.2 Å². The molecule has 1 aromatic carbocycles. The minimum absolute atomic E-state index is 0. The molecule has 0 saturated carbocycles. The Labute approximate surface area is 158 Å². The van der Waals surface area contributed by atoms with Gasteiger partial charge >= 0.3 is 11.7 Å². The third-order valence-corrected chi connectivity index (χ3v) is 5.42. The molecule has 2 aromatic rings. The quantitative estimate of drug-likeness (QED) is 0.749. The van der Waals surface area contributed by atoms with E-state index < -0.39 is 0 Å². The number of anilines is 1. The van der Waals surface area contributed by atoms with Gasteiger partial charge in [0.25, 0.3) is 0 Å². The molecule has 5 rings (SSSR count). The van der Waals surface area contributed by atoms with Crippen LogP contribution in [0.25, 0.3) is 11.0 Å². The average Bonchev–Trinajstić information content (AvgIpc) is 2.91. The average molecular weight is 378 g/mol. The molecule has 4 heterocycles. The smallest absolute Gasteiger partial charge is 0.336 e. The van der Waals surface area contributed by atoms with E-state index in [0.29, 0.717) is 11.5 Å². The Bertz CT molecular complexity index is 891. The summed E-state index contributed by atoms with van der Waals surface area (Å²) in [4.78, 5) is 26.4. The number of benzene rings is 1. The first-order valence-electron chi connectivity index (χ1n) is 8.84. The SMILES string of the molecule is Cc1cc2oc(=O)cc(C)c2cc1NC(=O)N1C[C@@H]2CC[C@H]1CNC2.Cl. The van der Waals surface area contributed by atoms with Crippen LogP contribution >= 0.6 is 12.4 Å². The zero-order valence-electron chi connectivity index (χ0n) is 15.0. The van der Waals surface area contributed by atoms with Gasteiger partial charge in [0.05, 0.1) is 0 Å². The molecule has 2 bridgehead atoms. The van der Waals surface area contributed by atoms with Crippen LogP contribution in [0, 0.1) is 19.8 Å². The Kier molecular flexibility index (Phi) is 5.25. The summed E-state index contributed by atoms with van der Waals surface area (Å²) in [6, 6.07) is 5.41. The van der Waals surface area contributed by atoms with Crippen molar-refractivity contribution in [3.63, 3.8) is 0 Å². The van der Waals surface area contributed by atoms with Crippen LogP contribution in [0.4, 0.5) is 10.5 Å². The summed E-state index contributed by atoms with van der Waals surface area (Å²) in [7, 11) is 0. The second kappa shape index (κ2) is 7.29. The molecule has 2 amide bonds. The molecule has 3 saturated heterocycles. The number of carbonyl (C=O) groups excluding carboxylic acids is 1. The Balaban J connectivity index is 0.00000196. The molecule has 0 spiro atoms. The highest BCUT2D eigenvalue weighted by Gasteiger charge is 2.34. The van der Waals surface area contributed by atoms with Gasteiger partial charge in [-0.25, -0.2) is 9.59 Å². The fourth-order valence-corrected chi connectivity index (χ4v) is 3.97. The van der Waals surface area contributed by atoms with Gasteiger partial charge in [0, 0.05) is 36.3 Å². The summed E-state index contributed by atoms with van der Waals surface area (Å²) < 4.78 is 5.27. The first-order valence-corrected chi connectivity index (χ1v) is 8.84. The number of halogens is 1. The lowest BCUT2D eigenvalue weighted by Crippen LogP contribution is -2.49. The lowest BCUT2D eigenvalue weighted by Gasteiger charge is -2.36. The number of hydrogen-bond acceptors (Lipinski definition) is 4. The van der Waals surface area contributed by atoms with Crippen LogP contribution in [0.1, 0.15) is 24.0 Å². The number of carbonyl (C=O) groups is 1. The highest BCUT2D eigenvalue weighted by molar-refractivity contribution is 5.94. The first-order chi connectivity index (χ1) is 12.0. The van der Waals surface area contributed by atoms with E-state index in [1.54, 1.807) is 0 Å². The second-order valence-electron chi connectivity index (χ2n) is 7.25. The molecule has 6 nitrogen and oxygen atoms in total. The van der Waals surface area contributed by atoms with Gasteiger partial charge in [-0.15, -0.1) is 12.4 Å². The molecule has 140 valence electrons. The number of amides is 2. The third-order valence-electron chi connectivity index (χ3n) is 5.42. The van der Waals surface area contributed by atoms with Gasteiger partial charge in [-0.3, -0.25) is 0 Å². The van der Waals surface area contributed by atoms with E-state index in [4.69, 9.17) is 4.42 Å². The highest BCUT2D eigenvalue weighted by Crippen LogP contribution is 2.28. The van der Waals surface area contributed by atoms with Crippen molar-refractivity contribution in [1.29, 1.82) is 0 Å². The zero-order chi connectivity index (χ0) is 17.6. The number of piperidine rings is 1. The monoisotopic (exact) mass is 377 g/mol. The largest absolute Gasteiger partial charge is 0.423 e. The second-order valence-corrected chi connectivity index (χ2v) is 7.25. The maximum Gasteiger partial charge on any atom is 0.336 e. The Morgan fingerprint density at radius 2 is 2.00 bits per heavy atom. The molecule has 3 aliphatic rings. The van der Waals surface area contributed by atoms with Crippen molar-refractivity contribution in [2.75, 3.05) is 25.0 Å². The summed E-state index contributed by atoms with van der Waals surface area (Å²) in [5, 5.41) is 7.36. The molecule has 7 heteroatoms. The van der Waals surface area contributed by atoms with E-state index >= 15 is 0 Å². The molecule has 0 aliphatic carbocycles. The molecule has 0 unspecified atom stereocenters. The molecule has 26 heavy (non-hydrogen) atoms. The van der Waals surface area contributed by atoms with Gasteiger partial charge < -0.3 is 20.0 Å². The predicted molar refractivity (Wildman–Crippen MR) is 104 cm³/mol. The number of hydrogen-bond donors (Lipinski definition) is 2. The van der Waals surface area contributed by atoms with Gasteiger partial charge in [-0.2, -0.15) is 0 Å². The predicted octanol–water partition coefficient (Wildman–Crippen LogP) is 3.05. The van der Waals surface area contributed by atoms with Crippen molar-refractivity contribution in [2.45, 2.75) is 32.7 Å². The Hall–Kier alpha value is -2.05. The van der Waals surface area contributed by atoms with E-state index in [-0.39, 0.29) is 30.1 Å². The van der Waals surface area contributed by atoms with Crippen LogP contribution in [0.5, 0.6) is 0 Å². The topological polar surface area (TPSA) is 74.6 Å². The van der Waals surface area contributed by atoms with Gasteiger partial charge in [-0.05, 0) is 62.4 Å². The Morgan fingerprint density at radius 1 is 1.19 bits per heavy atom. The molecule has 0 radical (unpaired) electrons. The number of aryl methyl sites for hydroxylation is 2. The zero-order valence-corrected chi connectivity index (χ0v) is 15.8. The minimum atomic E-state index is -0.353. The number of urea groups is 1. The lowest BCUT2D eigenvalue weighted by molar-refractivity contribution is 0.153. The van der Waals surface area contributed by atoms with E-state index in [1.807, 2.05) is 30.9 Å². The van der Waals surface area contributed by atoms with Crippen LogP contribution < -0.4 is 16.3 Å². The fourth-order valence-electron chi connectivity index (χ4n) is 3.97. The number of fused-ring (bicyclic) bond motifs is 5. The van der Waals surface area contributed by atoms with E-state index in [9.17, 15) is 9.59 Å². The van der Waals surface area contributed by atoms with Crippen molar-refractivity contribution < 1.29 is 9.21 Å². The standard InChI is InChI=1S/C19H23N3O3.ClH/c1-11-6-18(23)25-17-5-12(2)16(7-15(11)17)21-19(24)22-10-13-3-4-14(22)9-20-8-13;/h5-7,13-14,20H,3-4,8-10H2,1-2H3,(H,21,24);1H/t13-,14+;/m1./s1. The number of nitrogens with zero attached hydrogens (tertiary/aromatic N) is 1. The summed E-state index contributed by atoms with van der Waals surface area (Å²) >= 11 is 0. The van der Waals surface area contributed by atoms with E-state index in [0.717, 1.165) is 48.3 Å². The highest BCUT2D eigenvalue weighted by atomic mass is 35.5. The van der Waals surface area contributed by atoms with Crippen molar-refractivity contribution in [3.8, 4) is 0 Å². The summed E-state index contributed by atoms with van der Waals surface area (Å²) in [6.07, 6.45) is 2.25. The Morgan fingerprint density at radius 3 is 2.81 bits per heavy atom. The van der Waals surface area contributed by atoms with Crippen LogP contribution in [0.3, 0.4) is 0 Å². The molecular weight excluding hydrogens is 354 g/mol. The van der Waals surface area contributed by atoms with E-state index in [1.165, 1.54) is 12.5 Å². The van der Waals surface area contributed by atoms with Gasteiger partial charge in [0.1, 0.15) is 5.58 Å². The molecule has 1 aromatic heterocycles. The number of rotatable bonds is 1. The summed E-state index contributed by atoms with van der Waals surface area (Å²) in [5.41, 5.74) is 2.70. The van der Waals surface area contributed by atoms with Gasteiger partial charge in [0.15, 0.2) is 0 Å². The van der Waals surface area contributed by atoms with Crippen molar-refractivity contribution >= 4 is 35.1 Å². The lowest BCUT2D eigenvalue weighted by atomic mass is 9.95. The maximum atomic E-state index is 12.9. The van der Waals surface area contributed by atoms with Crippen molar-refractivity contribution in [2.24, 2.45) is 5.92 Å². The third kappa shape index (κ3) is 3.44. The molecule has 3 aliphatic heterocycles. The molecule has 2 atom stereocenters. The summed E-state index contributed by atoms with van der Waals surface area (Å²) in [5.74, 6) is 0.540. The first kappa shape index (κ1) is 18.7. The van der Waals surface area contributed by atoms with Gasteiger partial charge in [0.2, 0.25) is 0 Å². The van der Waals surface area contributed by atoms with E-state index in [2.05, 4.69) is 10.6 Å². The molecule has 3 fully saturated rings. The van der Waals surface area contributed by atoms with Crippen LogP contribution in [-0.2, 0) is 0 Å². The van der Waals surface area contributed by atoms with Crippen LogP contribution in [0.2, 0.25) is 0 Å². The van der Waals surface area contributed by atoms with Gasteiger partial charge in [-0.1, -0.05) is 0 Å². The minimum Gasteiger partial charge on any atom is -0.423 e. The van der Waals surface area contributed by atoms with Crippen LogP contribution in [-0.4, -0.2) is 36.6 Å². The molecular formula is C19H24ClN3O3. The molecule has 2 N–H and O–H groups in total. The normalized spacial score (nSPS) is 22.0. The fraction of sp³-hybridized carbons (Fsp3) is 0.474. The van der Waals surface area contributed by atoms with Crippen molar-refractivity contribution in [3.05, 3.63) is 39.7 Å².